The molecule has 0 bridgehead atoms. The van der Waals surface area contributed by atoms with Crippen molar-refractivity contribution in [3.63, 3.8) is 0 Å². The van der Waals surface area contributed by atoms with Crippen molar-refractivity contribution < 1.29 is 23.9 Å². The van der Waals surface area contributed by atoms with Gasteiger partial charge in [-0.3, -0.25) is 19.2 Å². The van der Waals surface area contributed by atoms with E-state index in [0.29, 0.717) is 29.2 Å². The van der Waals surface area contributed by atoms with Crippen LogP contribution in [0.5, 0.6) is 0 Å². The summed E-state index contributed by atoms with van der Waals surface area (Å²) in [5, 5.41) is 3.30. The predicted molar refractivity (Wildman–Crippen MR) is 123 cm³/mol. The molecule has 8 heteroatoms. The highest BCUT2D eigenvalue weighted by Crippen LogP contribution is 2.14. The molecule has 0 radical (unpaired) electrons. The van der Waals surface area contributed by atoms with Crippen LogP contribution in [0.4, 0.5) is 5.69 Å². The van der Waals surface area contributed by atoms with E-state index in [4.69, 9.17) is 16.3 Å². The maximum atomic E-state index is 12.5. The number of carbonyl (C=O) groups excluding carboxylic acids is 4. The smallest absolute Gasteiger partial charge is 0.306 e. The molecule has 0 fully saturated rings. The molecule has 0 saturated carbocycles. The highest BCUT2D eigenvalue weighted by Gasteiger charge is 2.19. The van der Waals surface area contributed by atoms with Gasteiger partial charge < -0.3 is 15.0 Å². The van der Waals surface area contributed by atoms with E-state index in [1.54, 1.807) is 30.3 Å². The summed E-state index contributed by atoms with van der Waals surface area (Å²) in [5.41, 5.74) is 2.04. The van der Waals surface area contributed by atoms with Crippen molar-refractivity contribution in [3.05, 3.63) is 64.7 Å². The Kier molecular flexibility index (Phi) is 9.88. The average molecular weight is 459 g/mol. The average Bonchev–Trinajstić information content (AvgIpc) is 2.77. The first-order valence-corrected chi connectivity index (χ1v) is 10.8. The monoisotopic (exact) mass is 458 g/mol. The molecule has 0 aliphatic heterocycles. The number of rotatable bonds is 11. The summed E-state index contributed by atoms with van der Waals surface area (Å²) in [7, 11) is 0. The fraction of sp³-hybridized carbons (Fsp3) is 0.333. The lowest BCUT2D eigenvalue weighted by Gasteiger charge is -2.21. The molecule has 0 spiro atoms. The number of anilines is 1. The van der Waals surface area contributed by atoms with Gasteiger partial charge >= 0.3 is 5.97 Å². The number of ketones is 1. The molecule has 0 aliphatic carbocycles. The zero-order chi connectivity index (χ0) is 23.5. The largest absolute Gasteiger partial charge is 0.456 e. The number of nitrogens with zero attached hydrogens (tertiary/aromatic N) is 1. The lowest BCUT2D eigenvalue weighted by molar-refractivity contribution is -0.152. The third-order valence-corrected chi connectivity index (χ3v) is 4.93. The normalized spacial score (nSPS) is 10.3. The van der Waals surface area contributed by atoms with Gasteiger partial charge in [0.1, 0.15) is 0 Å². The summed E-state index contributed by atoms with van der Waals surface area (Å²) >= 11 is 5.80. The number of aryl methyl sites for hydroxylation is 1. The molecular weight excluding hydrogens is 432 g/mol. The summed E-state index contributed by atoms with van der Waals surface area (Å²) in [5.74, 6) is -1.67. The van der Waals surface area contributed by atoms with Crippen molar-refractivity contribution >= 4 is 40.9 Å². The van der Waals surface area contributed by atoms with Crippen molar-refractivity contribution in [3.8, 4) is 0 Å². The van der Waals surface area contributed by atoms with E-state index >= 15 is 0 Å². The van der Waals surface area contributed by atoms with E-state index in [1.165, 1.54) is 4.90 Å². The molecule has 2 aromatic rings. The second kappa shape index (κ2) is 12.6. The Balaban J connectivity index is 1.80. The minimum absolute atomic E-state index is 0.0356. The fourth-order valence-corrected chi connectivity index (χ4v) is 3.07. The molecule has 0 aromatic heterocycles. The molecule has 0 unspecified atom stereocenters. The molecule has 2 rings (SSSR count). The number of Topliss-reactive ketones (excluding diaryl/α,β-unsaturated/α-hetero) is 1. The zero-order valence-electron chi connectivity index (χ0n) is 18.2. The number of carbonyl (C=O) groups is 4. The van der Waals surface area contributed by atoms with Crippen LogP contribution >= 0.6 is 11.6 Å². The molecule has 0 aliphatic rings. The first-order valence-electron chi connectivity index (χ1n) is 10.4. The van der Waals surface area contributed by atoms with Gasteiger partial charge in [0.2, 0.25) is 5.91 Å². The number of benzene rings is 2. The second-order valence-electron chi connectivity index (χ2n) is 7.27. The molecule has 2 amide bonds. The summed E-state index contributed by atoms with van der Waals surface area (Å²) in [4.78, 5) is 50.3. The second-order valence-corrected chi connectivity index (χ2v) is 7.71. The van der Waals surface area contributed by atoms with Gasteiger partial charge in [-0.15, -0.1) is 0 Å². The van der Waals surface area contributed by atoms with E-state index in [1.807, 2.05) is 32.0 Å². The van der Waals surface area contributed by atoms with Gasteiger partial charge in [0, 0.05) is 29.2 Å². The Labute approximate surface area is 192 Å². The standard InChI is InChI=1S/C24H27ClN2O5/c1-3-14-27(15-22(29)26-20-7-5-4-6-17(20)2)23(30)16-32-24(31)13-12-21(28)18-8-10-19(25)11-9-18/h4-11H,3,12-16H2,1-2H3,(H,26,29). The Bertz CT molecular complexity index is 959. The van der Waals surface area contributed by atoms with Crippen LogP contribution in [0.25, 0.3) is 0 Å². The molecule has 0 saturated heterocycles. The van der Waals surface area contributed by atoms with Crippen LogP contribution in [0.2, 0.25) is 5.02 Å². The summed E-state index contributed by atoms with van der Waals surface area (Å²) in [6, 6.07) is 13.7. The van der Waals surface area contributed by atoms with Crippen molar-refractivity contribution in [1.82, 2.24) is 4.90 Å². The number of esters is 1. The van der Waals surface area contributed by atoms with Crippen molar-refractivity contribution in [1.29, 1.82) is 0 Å². The van der Waals surface area contributed by atoms with E-state index in [9.17, 15) is 19.2 Å². The number of nitrogens with one attached hydrogen (secondary N) is 1. The Hall–Kier alpha value is -3.19. The molecule has 1 N–H and O–H groups in total. The van der Waals surface area contributed by atoms with E-state index < -0.39 is 18.5 Å². The van der Waals surface area contributed by atoms with E-state index in [-0.39, 0.29) is 31.1 Å². The van der Waals surface area contributed by atoms with Crippen LogP contribution in [0.3, 0.4) is 0 Å². The third-order valence-electron chi connectivity index (χ3n) is 4.68. The van der Waals surface area contributed by atoms with Crippen LogP contribution in [-0.2, 0) is 19.1 Å². The Morgan fingerprint density at radius 3 is 2.34 bits per heavy atom. The van der Waals surface area contributed by atoms with E-state index in [0.717, 1.165) is 5.56 Å². The van der Waals surface area contributed by atoms with Crippen molar-refractivity contribution in [2.45, 2.75) is 33.1 Å². The van der Waals surface area contributed by atoms with Crippen LogP contribution in [0.1, 0.15) is 42.1 Å². The predicted octanol–water partition coefficient (Wildman–Crippen LogP) is 4.03. The minimum Gasteiger partial charge on any atom is -0.456 e. The number of amides is 2. The van der Waals surface area contributed by atoms with Crippen LogP contribution in [0.15, 0.2) is 48.5 Å². The van der Waals surface area contributed by atoms with Crippen molar-refractivity contribution in [2.75, 3.05) is 25.0 Å². The van der Waals surface area contributed by atoms with Gasteiger partial charge in [-0.05, 0) is 49.2 Å². The highest BCUT2D eigenvalue weighted by atomic mass is 35.5. The third kappa shape index (κ3) is 8.15. The molecule has 2 aromatic carbocycles. The molecular formula is C24H27ClN2O5. The van der Waals surface area contributed by atoms with Gasteiger partial charge in [-0.1, -0.05) is 36.7 Å². The number of hydrogen-bond donors (Lipinski definition) is 1. The zero-order valence-corrected chi connectivity index (χ0v) is 19.0. The highest BCUT2D eigenvalue weighted by molar-refractivity contribution is 6.30. The summed E-state index contributed by atoms with van der Waals surface area (Å²) in [6.45, 7) is 3.49. The fourth-order valence-electron chi connectivity index (χ4n) is 2.94. The van der Waals surface area contributed by atoms with Crippen molar-refractivity contribution in [2.24, 2.45) is 0 Å². The lowest BCUT2D eigenvalue weighted by atomic mass is 10.1. The Morgan fingerprint density at radius 1 is 1.00 bits per heavy atom. The maximum Gasteiger partial charge on any atom is 0.306 e. The lowest BCUT2D eigenvalue weighted by Crippen LogP contribution is -2.40. The quantitative estimate of drug-likeness (QED) is 0.405. The number of hydrogen-bond acceptors (Lipinski definition) is 5. The van der Waals surface area contributed by atoms with Crippen LogP contribution < -0.4 is 5.32 Å². The van der Waals surface area contributed by atoms with Gasteiger partial charge in [-0.2, -0.15) is 0 Å². The summed E-state index contributed by atoms with van der Waals surface area (Å²) in [6.07, 6.45) is 0.468. The maximum absolute atomic E-state index is 12.5. The molecule has 170 valence electrons. The molecule has 7 nitrogen and oxygen atoms in total. The molecule has 0 heterocycles. The topological polar surface area (TPSA) is 92.8 Å². The van der Waals surface area contributed by atoms with E-state index in [2.05, 4.69) is 5.32 Å². The van der Waals surface area contributed by atoms with Gasteiger partial charge in [-0.25, -0.2) is 0 Å². The molecule has 32 heavy (non-hydrogen) atoms. The van der Waals surface area contributed by atoms with Gasteiger partial charge in [0.15, 0.2) is 12.4 Å². The minimum atomic E-state index is -0.651. The van der Waals surface area contributed by atoms with Crippen LogP contribution in [-0.4, -0.2) is 48.2 Å². The number of ether oxygens (including phenoxy) is 1. The SMILES string of the molecule is CCCN(CC(=O)Nc1ccccc1C)C(=O)COC(=O)CCC(=O)c1ccc(Cl)cc1. The summed E-state index contributed by atoms with van der Waals surface area (Å²) < 4.78 is 5.02. The van der Waals surface area contributed by atoms with Crippen LogP contribution in [0, 0.1) is 6.92 Å². The first kappa shape index (κ1) is 25.1. The Morgan fingerprint density at radius 2 is 1.69 bits per heavy atom. The van der Waals surface area contributed by atoms with Gasteiger partial charge in [0.05, 0.1) is 13.0 Å². The number of halogens is 1. The molecule has 0 atom stereocenters. The number of para-hydroxylation sites is 1. The van der Waals surface area contributed by atoms with Gasteiger partial charge in [0.25, 0.3) is 5.91 Å². The first-order chi connectivity index (χ1) is 15.3.